The Morgan fingerprint density at radius 2 is 2.04 bits per heavy atom. The van der Waals surface area contributed by atoms with E-state index in [2.05, 4.69) is 15.5 Å². The van der Waals surface area contributed by atoms with Crippen molar-refractivity contribution >= 4 is 16.7 Å². The van der Waals surface area contributed by atoms with Crippen LogP contribution in [0.25, 0.3) is 10.8 Å². The second kappa shape index (κ2) is 4.99. The molecule has 0 spiro atoms. The molecule has 2 aliphatic rings. The Kier molecular flexibility index (Phi) is 3.06. The molecule has 2 heterocycles. The highest BCUT2D eigenvalue weighted by atomic mass is 16.3. The zero-order chi connectivity index (χ0) is 16.0. The minimum atomic E-state index is -0.933. The highest BCUT2D eigenvalue weighted by molar-refractivity contribution is 5.98. The smallest absolute Gasteiger partial charge is 0.251 e. The first-order valence-corrected chi connectivity index (χ1v) is 7.79. The molecule has 23 heavy (non-hydrogen) atoms. The van der Waals surface area contributed by atoms with Gasteiger partial charge in [0.2, 0.25) is 0 Å². The van der Waals surface area contributed by atoms with Crippen molar-refractivity contribution in [3.05, 3.63) is 59.4 Å². The average Bonchev–Trinajstić information content (AvgIpc) is 3.18. The van der Waals surface area contributed by atoms with Crippen molar-refractivity contribution in [3.8, 4) is 0 Å². The van der Waals surface area contributed by atoms with Crippen LogP contribution in [0.1, 0.15) is 22.3 Å². The van der Waals surface area contributed by atoms with E-state index < -0.39 is 5.60 Å². The quantitative estimate of drug-likeness (QED) is 0.786. The third kappa shape index (κ3) is 2.08. The second-order valence-electron chi connectivity index (χ2n) is 6.12. The highest BCUT2D eigenvalue weighted by Crippen LogP contribution is 2.42. The summed E-state index contributed by atoms with van der Waals surface area (Å²) in [5, 5.41) is 19.0. The molecule has 5 nitrogen and oxygen atoms in total. The van der Waals surface area contributed by atoms with Crippen molar-refractivity contribution in [2.24, 2.45) is 0 Å². The number of hydrogen-bond acceptors (Lipinski definition) is 4. The standard InChI is InChI=1S/C18H19N3O2/c1-19-17(22)14-3-2-13-9-15(5-4-12(13)8-14)18(23)6-7-21-11-20-10-16(18)21/h2-5,8-10,20,23H,6-7,11H2,1H3,(H,19,22)/t18-/m1/s1. The molecular weight excluding hydrogens is 290 g/mol. The minimum Gasteiger partial charge on any atom is -0.379 e. The van der Waals surface area contributed by atoms with Crippen LogP contribution in [0, 0.1) is 0 Å². The lowest BCUT2D eigenvalue weighted by Crippen LogP contribution is -2.26. The Morgan fingerprint density at radius 1 is 1.26 bits per heavy atom. The lowest BCUT2D eigenvalue weighted by molar-refractivity contribution is 0.0816. The van der Waals surface area contributed by atoms with E-state index in [-0.39, 0.29) is 5.91 Å². The number of nitrogens with one attached hydrogen (secondary N) is 2. The van der Waals surface area contributed by atoms with Crippen LogP contribution in [0.3, 0.4) is 0 Å². The van der Waals surface area contributed by atoms with Gasteiger partial charge in [-0.1, -0.05) is 18.2 Å². The summed E-state index contributed by atoms with van der Waals surface area (Å²) in [6, 6.07) is 11.6. The molecule has 2 aromatic carbocycles. The molecule has 5 heteroatoms. The summed E-state index contributed by atoms with van der Waals surface area (Å²) in [6.45, 7) is 1.61. The fraction of sp³-hybridized carbons (Fsp3) is 0.278. The summed E-state index contributed by atoms with van der Waals surface area (Å²) < 4.78 is 0. The zero-order valence-electron chi connectivity index (χ0n) is 13.0. The van der Waals surface area contributed by atoms with Crippen molar-refractivity contribution in [2.45, 2.75) is 12.0 Å². The number of rotatable bonds is 2. The molecule has 1 amide bonds. The van der Waals surface area contributed by atoms with Gasteiger partial charge in [-0.25, -0.2) is 0 Å². The first-order chi connectivity index (χ1) is 11.1. The molecule has 1 saturated heterocycles. The summed E-state index contributed by atoms with van der Waals surface area (Å²) in [6.07, 6.45) is 2.61. The monoisotopic (exact) mass is 309 g/mol. The second-order valence-corrected chi connectivity index (χ2v) is 6.12. The third-order valence-corrected chi connectivity index (χ3v) is 4.84. The van der Waals surface area contributed by atoms with Gasteiger partial charge < -0.3 is 20.6 Å². The Hall–Kier alpha value is -2.53. The summed E-state index contributed by atoms with van der Waals surface area (Å²) in [7, 11) is 1.63. The maximum atomic E-state index is 11.7. The number of fused-ring (bicyclic) bond motifs is 2. The lowest BCUT2D eigenvalue weighted by atomic mass is 9.88. The Morgan fingerprint density at radius 3 is 2.87 bits per heavy atom. The Balaban J connectivity index is 1.76. The van der Waals surface area contributed by atoms with Crippen LogP contribution in [0.15, 0.2) is 48.3 Å². The van der Waals surface area contributed by atoms with Gasteiger partial charge in [-0.05, 0) is 34.5 Å². The van der Waals surface area contributed by atoms with Gasteiger partial charge in [0.25, 0.3) is 5.91 Å². The van der Waals surface area contributed by atoms with E-state index in [0.29, 0.717) is 12.0 Å². The first-order valence-electron chi connectivity index (χ1n) is 7.79. The fourth-order valence-electron chi connectivity index (χ4n) is 3.52. The molecule has 3 N–H and O–H groups in total. The van der Waals surface area contributed by atoms with E-state index in [1.165, 1.54) is 0 Å². The van der Waals surface area contributed by atoms with Crippen LogP contribution in [0.4, 0.5) is 0 Å². The number of aliphatic hydroxyl groups is 1. The number of hydrogen-bond donors (Lipinski definition) is 3. The van der Waals surface area contributed by atoms with Gasteiger partial charge in [-0.2, -0.15) is 0 Å². The lowest BCUT2D eigenvalue weighted by Gasteiger charge is -2.25. The molecule has 0 aromatic heterocycles. The molecule has 2 aromatic rings. The fourth-order valence-corrected chi connectivity index (χ4v) is 3.52. The number of carbonyl (C=O) groups excluding carboxylic acids is 1. The number of carbonyl (C=O) groups is 1. The molecule has 0 bridgehead atoms. The van der Waals surface area contributed by atoms with Gasteiger partial charge in [0.05, 0.1) is 12.4 Å². The summed E-state index contributed by atoms with van der Waals surface area (Å²) >= 11 is 0. The Labute approximate surface area is 134 Å². The largest absolute Gasteiger partial charge is 0.379 e. The highest BCUT2D eigenvalue weighted by Gasteiger charge is 2.44. The van der Waals surface area contributed by atoms with Crippen molar-refractivity contribution in [2.75, 3.05) is 20.3 Å². The van der Waals surface area contributed by atoms with Crippen LogP contribution in [-0.4, -0.2) is 36.2 Å². The van der Waals surface area contributed by atoms with E-state index in [1.807, 2.05) is 42.6 Å². The van der Waals surface area contributed by atoms with Crippen molar-refractivity contribution < 1.29 is 9.90 Å². The van der Waals surface area contributed by atoms with Gasteiger partial charge in [0.15, 0.2) is 0 Å². The van der Waals surface area contributed by atoms with E-state index in [4.69, 9.17) is 0 Å². The van der Waals surface area contributed by atoms with E-state index in [1.54, 1.807) is 7.05 Å². The van der Waals surface area contributed by atoms with Gasteiger partial charge in [0.1, 0.15) is 5.60 Å². The minimum absolute atomic E-state index is 0.0942. The molecule has 1 fully saturated rings. The van der Waals surface area contributed by atoms with Crippen molar-refractivity contribution in [3.63, 3.8) is 0 Å². The number of amides is 1. The van der Waals surface area contributed by atoms with Crippen LogP contribution in [-0.2, 0) is 5.60 Å². The predicted octanol–water partition coefficient (Wildman–Crippen LogP) is 1.49. The van der Waals surface area contributed by atoms with Crippen LogP contribution in [0.5, 0.6) is 0 Å². The third-order valence-electron chi connectivity index (χ3n) is 4.84. The molecular formula is C18H19N3O2. The molecule has 0 aliphatic carbocycles. The SMILES string of the molecule is CNC(=O)c1ccc2cc([C@]3(O)CCN4CNC=C43)ccc2c1. The van der Waals surface area contributed by atoms with Crippen LogP contribution >= 0.6 is 0 Å². The molecule has 1 atom stereocenters. The van der Waals surface area contributed by atoms with Crippen LogP contribution < -0.4 is 10.6 Å². The maximum Gasteiger partial charge on any atom is 0.251 e. The van der Waals surface area contributed by atoms with E-state index in [9.17, 15) is 9.90 Å². The topological polar surface area (TPSA) is 64.6 Å². The van der Waals surface area contributed by atoms with Gasteiger partial charge in [0, 0.05) is 31.8 Å². The van der Waals surface area contributed by atoms with E-state index >= 15 is 0 Å². The van der Waals surface area contributed by atoms with Crippen LogP contribution in [0.2, 0.25) is 0 Å². The molecule has 0 saturated carbocycles. The summed E-state index contributed by atoms with van der Waals surface area (Å²) in [5.41, 5.74) is 1.55. The summed E-state index contributed by atoms with van der Waals surface area (Å²) in [5.74, 6) is -0.0942. The van der Waals surface area contributed by atoms with Gasteiger partial charge in [-0.15, -0.1) is 0 Å². The molecule has 0 radical (unpaired) electrons. The van der Waals surface area contributed by atoms with Gasteiger partial charge >= 0.3 is 0 Å². The van der Waals surface area contributed by atoms with Gasteiger partial charge in [-0.3, -0.25) is 4.79 Å². The van der Waals surface area contributed by atoms with E-state index in [0.717, 1.165) is 35.2 Å². The predicted molar refractivity (Wildman–Crippen MR) is 88.6 cm³/mol. The zero-order valence-corrected chi connectivity index (χ0v) is 13.0. The molecule has 4 rings (SSSR count). The van der Waals surface area contributed by atoms with Crippen molar-refractivity contribution in [1.82, 2.24) is 15.5 Å². The van der Waals surface area contributed by atoms with Crippen molar-refractivity contribution in [1.29, 1.82) is 0 Å². The maximum absolute atomic E-state index is 11.7. The average molecular weight is 309 g/mol. The number of nitrogens with zero attached hydrogens (tertiary/aromatic N) is 1. The summed E-state index contributed by atoms with van der Waals surface area (Å²) in [4.78, 5) is 13.9. The molecule has 118 valence electrons. The molecule has 2 aliphatic heterocycles. The first kappa shape index (κ1) is 14.1. The number of benzene rings is 2. The Bertz CT molecular complexity index is 830. The normalized spacial score (nSPS) is 22.7. The molecule has 0 unspecified atom stereocenters.